The van der Waals surface area contributed by atoms with Crippen LogP contribution < -0.4 is 22.3 Å². The number of H-pyrrole nitrogens is 1. The van der Waals surface area contributed by atoms with Gasteiger partial charge in [-0.05, 0) is 0 Å². The summed E-state index contributed by atoms with van der Waals surface area (Å²) in [5, 5.41) is 27.4. The fourth-order valence-electron chi connectivity index (χ4n) is 1.21. The van der Waals surface area contributed by atoms with Crippen LogP contribution in [0.3, 0.4) is 0 Å². The molecule has 2 heterocycles. The van der Waals surface area contributed by atoms with E-state index in [1.807, 2.05) is 0 Å². The number of hydrogen-bond acceptors (Lipinski definition) is 9. The number of aromatic nitrogens is 5. The van der Waals surface area contributed by atoms with Gasteiger partial charge >= 0.3 is 5.62 Å². The zero-order valence-corrected chi connectivity index (χ0v) is 8.84. The van der Waals surface area contributed by atoms with Crippen LogP contribution in [0.25, 0.3) is 5.78 Å². The Kier molecular flexibility index (Phi) is 2.86. The highest BCUT2D eigenvalue weighted by Crippen LogP contribution is 2.09. The van der Waals surface area contributed by atoms with Crippen LogP contribution in [0.15, 0.2) is 5.10 Å². The van der Waals surface area contributed by atoms with Crippen molar-refractivity contribution in [1.82, 2.24) is 24.6 Å². The van der Waals surface area contributed by atoms with Crippen molar-refractivity contribution in [3.05, 3.63) is 25.8 Å². The molecule has 0 atom stereocenters. The zero-order valence-electron chi connectivity index (χ0n) is 8.84. The van der Waals surface area contributed by atoms with E-state index in [2.05, 4.69) is 30.7 Å². The molecule has 2 rings (SSSR count). The smallest absolute Gasteiger partial charge is 0.293 e. The molecule has 0 saturated heterocycles. The van der Waals surface area contributed by atoms with Gasteiger partial charge in [0.2, 0.25) is 11.7 Å². The van der Waals surface area contributed by atoms with Gasteiger partial charge in [0.25, 0.3) is 5.95 Å². The van der Waals surface area contributed by atoms with Gasteiger partial charge in [0, 0.05) is 0 Å². The molecule has 0 radical (unpaired) electrons. The Morgan fingerprint density at radius 1 is 1.32 bits per heavy atom. The van der Waals surface area contributed by atoms with Crippen LogP contribution in [0.5, 0.6) is 0 Å². The van der Waals surface area contributed by atoms with Crippen LogP contribution in [-0.4, -0.2) is 34.6 Å². The van der Waals surface area contributed by atoms with Gasteiger partial charge in [0.1, 0.15) is 5.10 Å². The molecule has 0 amide bonds. The third-order valence-electron chi connectivity index (χ3n) is 1.80. The van der Waals surface area contributed by atoms with Crippen molar-refractivity contribution < 1.29 is 10.1 Å². The van der Waals surface area contributed by atoms with Gasteiger partial charge in [-0.25, -0.2) is 35.6 Å². The normalized spacial score (nSPS) is 11.5. The first kappa shape index (κ1) is 12.1. The maximum atomic E-state index is 10.3. The van der Waals surface area contributed by atoms with Crippen molar-refractivity contribution in [2.75, 3.05) is 10.9 Å². The van der Waals surface area contributed by atoms with Crippen molar-refractivity contribution in [3.63, 3.8) is 0 Å². The minimum atomic E-state index is -1.00. The number of nitrogens with two attached hydrogens (primary N) is 1. The summed E-state index contributed by atoms with van der Waals surface area (Å²) >= 11 is 0. The van der Waals surface area contributed by atoms with E-state index in [0.29, 0.717) is 0 Å². The summed E-state index contributed by atoms with van der Waals surface area (Å²) in [5.41, 5.74) is 3.35. The van der Waals surface area contributed by atoms with Gasteiger partial charge in [0.15, 0.2) is 10.1 Å². The van der Waals surface area contributed by atoms with Crippen LogP contribution in [0.1, 0.15) is 0 Å². The van der Waals surface area contributed by atoms with Crippen LogP contribution in [0, 0.1) is 20.2 Å². The molecular weight excluding hydrogens is 266 g/mol. The molecule has 5 N–H and O–H groups in total. The van der Waals surface area contributed by atoms with Gasteiger partial charge in [-0.15, -0.1) is 5.10 Å². The second kappa shape index (κ2) is 4.49. The lowest BCUT2D eigenvalue weighted by Gasteiger charge is -2.02. The average Bonchev–Trinajstić information content (AvgIpc) is 2.70. The summed E-state index contributed by atoms with van der Waals surface area (Å²) in [6.07, 6.45) is 0. The van der Waals surface area contributed by atoms with Crippen LogP contribution in [-0.2, 0) is 0 Å². The highest BCUT2D eigenvalue weighted by atomic mass is 16.7. The Labute approximate surface area is 101 Å². The number of nitrogens with zero attached hydrogens (tertiary/aromatic N) is 7. The highest BCUT2D eigenvalue weighted by Gasteiger charge is 2.15. The molecule has 0 fully saturated rings. The lowest BCUT2D eigenvalue weighted by Crippen LogP contribution is -2.24. The van der Waals surface area contributed by atoms with Crippen LogP contribution in [0.2, 0.25) is 0 Å². The molecule has 2 aromatic heterocycles. The Morgan fingerprint density at radius 3 is 2.63 bits per heavy atom. The van der Waals surface area contributed by atoms with Gasteiger partial charge in [-0.2, -0.15) is 9.97 Å². The molecule has 19 heavy (non-hydrogen) atoms. The second-order valence-electron chi connectivity index (χ2n) is 2.90. The second-order valence-corrected chi connectivity index (χ2v) is 2.90. The Hall–Kier alpha value is -3.36. The Bertz CT molecular complexity index is 713. The Balaban J connectivity index is 2.68. The minimum Gasteiger partial charge on any atom is -0.293 e. The predicted molar refractivity (Wildman–Crippen MR) is 56.1 cm³/mol. The fourth-order valence-corrected chi connectivity index (χ4v) is 1.21. The number of hydrazine groups is 2. The summed E-state index contributed by atoms with van der Waals surface area (Å²) in [4.78, 5) is 27.8. The standard InChI is InChI=1S/C4H5N11O4/c5-8-2-6-1(11-14(16)17)7-3-9-10-4(13(2)3)12-15(18)19/h5H2,(H,10,12)(H2,6,7,8,9,11). The van der Waals surface area contributed by atoms with Crippen molar-refractivity contribution in [3.8, 4) is 0 Å². The van der Waals surface area contributed by atoms with E-state index < -0.39 is 15.7 Å². The summed E-state index contributed by atoms with van der Waals surface area (Å²) < 4.78 is 1.00. The maximum Gasteiger partial charge on any atom is 0.327 e. The van der Waals surface area contributed by atoms with E-state index in [0.717, 1.165) is 4.40 Å². The number of anilines is 2. The van der Waals surface area contributed by atoms with Crippen molar-refractivity contribution in [2.45, 2.75) is 0 Å². The van der Waals surface area contributed by atoms with E-state index in [9.17, 15) is 20.2 Å². The lowest BCUT2D eigenvalue weighted by molar-refractivity contribution is -0.491. The van der Waals surface area contributed by atoms with Crippen molar-refractivity contribution >= 4 is 17.7 Å². The largest absolute Gasteiger partial charge is 0.327 e. The molecule has 0 aromatic carbocycles. The SMILES string of the molecule is NNc1n/c(=N/[N+](=O)[O-])nc2[nH]nc(N[N+](=O)[O-])n12. The van der Waals surface area contributed by atoms with Crippen molar-refractivity contribution in [2.24, 2.45) is 10.9 Å². The molecule has 0 saturated carbocycles. The quantitative estimate of drug-likeness (QED) is 0.259. The van der Waals surface area contributed by atoms with E-state index >= 15 is 0 Å². The average molecular weight is 271 g/mol. The molecule has 0 spiro atoms. The van der Waals surface area contributed by atoms with E-state index in [1.165, 1.54) is 0 Å². The fraction of sp³-hybridized carbons (Fsp3) is 0. The predicted octanol–water partition coefficient (Wildman–Crippen LogP) is -2.57. The van der Waals surface area contributed by atoms with E-state index in [1.54, 1.807) is 5.43 Å². The molecule has 0 aliphatic carbocycles. The first-order valence-electron chi connectivity index (χ1n) is 4.43. The number of nitrogens with one attached hydrogen (secondary N) is 3. The van der Waals surface area contributed by atoms with Crippen molar-refractivity contribution in [1.29, 1.82) is 0 Å². The topological polar surface area (TPSA) is 208 Å². The number of nitrogen functional groups attached to an aromatic ring is 1. The minimum absolute atomic E-state index is 0.0899. The number of aromatic amines is 1. The number of rotatable bonds is 4. The number of fused-ring (bicyclic) bond motifs is 1. The third-order valence-corrected chi connectivity index (χ3v) is 1.80. The molecule has 0 aliphatic heterocycles. The van der Waals surface area contributed by atoms with Crippen LogP contribution in [0.4, 0.5) is 11.9 Å². The Morgan fingerprint density at radius 2 is 2.05 bits per heavy atom. The summed E-state index contributed by atoms with van der Waals surface area (Å²) in [5.74, 6) is 4.60. The molecule has 0 aliphatic rings. The summed E-state index contributed by atoms with van der Waals surface area (Å²) in [6, 6.07) is 0. The van der Waals surface area contributed by atoms with Gasteiger partial charge < -0.3 is 0 Å². The zero-order chi connectivity index (χ0) is 14.0. The summed E-state index contributed by atoms with van der Waals surface area (Å²) in [7, 11) is 0. The van der Waals surface area contributed by atoms with Gasteiger partial charge in [0.05, 0.1) is 0 Å². The molecule has 0 bridgehead atoms. The van der Waals surface area contributed by atoms with E-state index in [4.69, 9.17) is 5.84 Å². The number of nitro groups is 2. The first-order valence-corrected chi connectivity index (χ1v) is 4.43. The molecule has 2 aromatic rings. The lowest BCUT2D eigenvalue weighted by atomic mass is 10.8. The molecule has 100 valence electrons. The van der Waals surface area contributed by atoms with Gasteiger partial charge in [-0.1, -0.05) is 5.43 Å². The highest BCUT2D eigenvalue weighted by molar-refractivity contribution is 5.45. The van der Waals surface area contributed by atoms with E-state index in [-0.39, 0.29) is 17.7 Å². The molecule has 15 heteroatoms. The van der Waals surface area contributed by atoms with Gasteiger partial charge in [-0.3, -0.25) is 5.43 Å². The third kappa shape index (κ3) is 2.34. The molecule has 15 nitrogen and oxygen atoms in total. The molecular formula is C4H5N11O4. The number of hydrogen-bond donors (Lipinski definition) is 4. The first-order chi connectivity index (χ1) is 9.01. The monoisotopic (exact) mass is 271 g/mol. The maximum absolute atomic E-state index is 10.3. The summed E-state index contributed by atoms with van der Waals surface area (Å²) in [6.45, 7) is 0. The van der Waals surface area contributed by atoms with Crippen LogP contribution >= 0.6 is 0 Å². The molecule has 0 unspecified atom stereocenters.